The van der Waals surface area contributed by atoms with E-state index < -0.39 is 18.5 Å². The van der Waals surface area contributed by atoms with Crippen LogP contribution in [0.15, 0.2) is 18.2 Å². The first-order chi connectivity index (χ1) is 10.5. The zero-order chi connectivity index (χ0) is 16.5. The number of rotatable bonds is 7. The van der Waals surface area contributed by atoms with Crippen molar-refractivity contribution in [3.63, 3.8) is 0 Å². The smallest absolute Gasteiger partial charge is 0.325 e. The molecule has 0 spiro atoms. The number of hydrogen-bond acceptors (Lipinski definition) is 6. The van der Waals surface area contributed by atoms with E-state index >= 15 is 0 Å². The first-order valence-electron chi connectivity index (χ1n) is 6.38. The second-order valence-electron chi connectivity index (χ2n) is 4.18. The molecule has 0 radical (unpaired) electrons. The second kappa shape index (κ2) is 8.50. The fraction of sp³-hybridized carbons (Fsp3) is 0.357. The Balaban J connectivity index is 2.51. The molecule has 1 aromatic carbocycles. The van der Waals surface area contributed by atoms with Crippen LogP contribution in [-0.4, -0.2) is 45.2 Å². The topological polar surface area (TPSA) is 103 Å². The number of carbonyl (C=O) groups is 3. The Morgan fingerprint density at radius 2 is 1.86 bits per heavy atom. The number of esters is 1. The fourth-order valence-electron chi connectivity index (χ4n) is 1.48. The van der Waals surface area contributed by atoms with Crippen molar-refractivity contribution in [1.82, 2.24) is 5.32 Å². The summed E-state index contributed by atoms with van der Waals surface area (Å²) in [5.74, 6) is -0.593. The Labute approximate surface area is 127 Å². The summed E-state index contributed by atoms with van der Waals surface area (Å²) in [6.45, 7) is 0.526. The molecule has 0 aromatic heterocycles. The van der Waals surface area contributed by atoms with Gasteiger partial charge in [-0.1, -0.05) is 0 Å². The molecule has 0 bridgehead atoms. The van der Waals surface area contributed by atoms with Crippen LogP contribution in [0.2, 0.25) is 0 Å². The normalized spacial score (nSPS) is 9.59. The quantitative estimate of drug-likeness (QED) is 0.703. The van der Waals surface area contributed by atoms with Crippen molar-refractivity contribution in [3.8, 4) is 11.5 Å². The monoisotopic (exact) mass is 310 g/mol. The van der Waals surface area contributed by atoms with Crippen LogP contribution >= 0.6 is 0 Å². The van der Waals surface area contributed by atoms with Crippen LogP contribution in [-0.2, 0) is 19.1 Å². The maximum absolute atomic E-state index is 11.7. The lowest BCUT2D eigenvalue weighted by atomic mass is 10.2. The summed E-state index contributed by atoms with van der Waals surface area (Å²) in [5, 5.41) is 4.82. The summed E-state index contributed by atoms with van der Waals surface area (Å²) < 4.78 is 14.9. The van der Waals surface area contributed by atoms with Gasteiger partial charge in [-0.3, -0.25) is 14.4 Å². The molecule has 1 aromatic rings. The molecule has 2 amide bonds. The average molecular weight is 310 g/mol. The molecule has 0 aliphatic carbocycles. The number of carbonyl (C=O) groups excluding carboxylic acids is 3. The van der Waals surface area contributed by atoms with E-state index in [9.17, 15) is 14.4 Å². The van der Waals surface area contributed by atoms with Crippen molar-refractivity contribution in [2.24, 2.45) is 0 Å². The Bertz CT molecular complexity index is 558. The van der Waals surface area contributed by atoms with Gasteiger partial charge in [0.1, 0.15) is 18.0 Å². The van der Waals surface area contributed by atoms with E-state index in [2.05, 4.69) is 10.6 Å². The van der Waals surface area contributed by atoms with E-state index in [1.54, 1.807) is 18.2 Å². The molecule has 8 heteroatoms. The minimum atomic E-state index is -0.702. The lowest BCUT2D eigenvalue weighted by Crippen LogP contribution is -2.30. The summed E-state index contributed by atoms with van der Waals surface area (Å²) in [4.78, 5) is 33.6. The van der Waals surface area contributed by atoms with E-state index in [1.807, 2.05) is 0 Å². The van der Waals surface area contributed by atoms with Crippen LogP contribution in [0.25, 0.3) is 0 Å². The number of methoxy groups -OCH3 is 2. The highest BCUT2D eigenvalue weighted by Gasteiger charge is 2.11. The van der Waals surface area contributed by atoms with Crippen LogP contribution in [0.5, 0.6) is 11.5 Å². The van der Waals surface area contributed by atoms with Gasteiger partial charge < -0.3 is 24.8 Å². The van der Waals surface area contributed by atoms with Gasteiger partial charge in [-0.25, -0.2) is 0 Å². The molecule has 0 heterocycles. The predicted molar refractivity (Wildman–Crippen MR) is 77.8 cm³/mol. The van der Waals surface area contributed by atoms with Gasteiger partial charge in [-0.15, -0.1) is 0 Å². The molecular weight excluding hydrogens is 292 g/mol. The van der Waals surface area contributed by atoms with E-state index in [0.29, 0.717) is 17.2 Å². The van der Waals surface area contributed by atoms with Crippen molar-refractivity contribution in [3.05, 3.63) is 18.2 Å². The minimum absolute atomic E-state index is 0.283. The third kappa shape index (κ3) is 5.70. The second-order valence-corrected chi connectivity index (χ2v) is 4.18. The molecule has 0 saturated carbocycles. The number of benzene rings is 1. The summed E-state index contributed by atoms with van der Waals surface area (Å²) in [6, 6.07) is 4.87. The number of nitrogens with one attached hydrogen (secondary N) is 2. The zero-order valence-corrected chi connectivity index (χ0v) is 12.6. The molecule has 0 atom stereocenters. The van der Waals surface area contributed by atoms with Crippen molar-refractivity contribution in [2.75, 3.05) is 32.7 Å². The van der Waals surface area contributed by atoms with Crippen molar-refractivity contribution >= 4 is 23.5 Å². The number of hydrogen-bond donors (Lipinski definition) is 2. The van der Waals surface area contributed by atoms with Crippen LogP contribution in [0.1, 0.15) is 6.92 Å². The first-order valence-corrected chi connectivity index (χ1v) is 6.38. The zero-order valence-electron chi connectivity index (χ0n) is 12.6. The number of ether oxygens (including phenoxy) is 3. The van der Waals surface area contributed by atoms with Crippen molar-refractivity contribution < 1.29 is 28.6 Å². The first kappa shape index (κ1) is 17.3. The molecule has 2 N–H and O–H groups in total. The molecule has 120 valence electrons. The van der Waals surface area contributed by atoms with Gasteiger partial charge in [-0.2, -0.15) is 0 Å². The van der Waals surface area contributed by atoms with Crippen LogP contribution < -0.4 is 20.1 Å². The average Bonchev–Trinajstić information content (AvgIpc) is 2.51. The summed E-state index contributed by atoms with van der Waals surface area (Å²) in [5.41, 5.74) is 0.422. The SMILES string of the molecule is COc1ccc(NC(=O)COC(=O)CNC(C)=O)c(OC)c1. The molecule has 1 rings (SSSR count). The lowest BCUT2D eigenvalue weighted by molar-refractivity contribution is -0.147. The van der Waals surface area contributed by atoms with E-state index in [-0.39, 0.29) is 12.5 Å². The molecule has 0 saturated heterocycles. The van der Waals surface area contributed by atoms with Gasteiger partial charge in [0.25, 0.3) is 5.91 Å². The van der Waals surface area contributed by atoms with Crippen molar-refractivity contribution in [2.45, 2.75) is 6.92 Å². The fourth-order valence-corrected chi connectivity index (χ4v) is 1.48. The Morgan fingerprint density at radius 1 is 1.14 bits per heavy atom. The maximum Gasteiger partial charge on any atom is 0.325 e. The summed E-state index contributed by atoms with van der Waals surface area (Å²) >= 11 is 0. The van der Waals surface area contributed by atoms with Crippen LogP contribution in [0.3, 0.4) is 0 Å². The number of amides is 2. The highest BCUT2D eigenvalue weighted by molar-refractivity contribution is 5.94. The predicted octanol–water partition coefficient (Wildman–Crippen LogP) is 0.322. The third-order valence-corrected chi connectivity index (χ3v) is 2.53. The van der Waals surface area contributed by atoms with E-state index in [4.69, 9.17) is 14.2 Å². The van der Waals surface area contributed by atoms with Gasteiger partial charge in [0, 0.05) is 13.0 Å². The lowest BCUT2D eigenvalue weighted by Gasteiger charge is -2.11. The Hall–Kier alpha value is -2.77. The molecule has 0 aliphatic heterocycles. The molecule has 0 fully saturated rings. The van der Waals surface area contributed by atoms with Crippen LogP contribution in [0.4, 0.5) is 5.69 Å². The van der Waals surface area contributed by atoms with E-state index in [0.717, 1.165) is 0 Å². The molecule has 22 heavy (non-hydrogen) atoms. The minimum Gasteiger partial charge on any atom is -0.497 e. The molecule has 0 unspecified atom stereocenters. The molecular formula is C14H18N2O6. The molecule has 0 aliphatic rings. The van der Waals surface area contributed by atoms with Gasteiger partial charge in [0.2, 0.25) is 5.91 Å². The third-order valence-electron chi connectivity index (χ3n) is 2.53. The summed E-state index contributed by atoms with van der Waals surface area (Å²) in [7, 11) is 2.97. The largest absolute Gasteiger partial charge is 0.497 e. The highest BCUT2D eigenvalue weighted by atomic mass is 16.5. The van der Waals surface area contributed by atoms with Crippen LogP contribution in [0, 0.1) is 0 Å². The highest BCUT2D eigenvalue weighted by Crippen LogP contribution is 2.28. The van der Waals surface area contributed by atoms with Gasteiger partial charge in [0.15, 0.2) is 6.61 Å². The maximum atomic E-state index is 11.7. The van der Waals surface area contributed by atoms with Gasteiger partial charge >= 0.3 is 5.97 Å². The summed E-state index contributed by atoms with van der Waals surface area (Å²) in [6.07, 6.45) is 0. The van der Waals surface area contributed by atoms with Gasteiger partial charge in [0.05, 0.1) is 19.9 Å². The molecule has 8 nitrogen and oxygen atoms in total. The number of anilines is 1. The van der Waals surface area contributed by atoms with E-state index in [1.165, 1.54) is 21.1 Å². The van der Waals surface area contributed by atoms with Crippen molar-refractivity contribution in [1.29, 1.82) is 0 Å². The Morgan fingerprint density at radius 3 is 2.45 bits per heavy atom. The Kier molecular flexibility index (Phi) is 6.68. The van der Waals surface area contributed by atoms with Gasteiger partial charge in [-0.05, 0) is 12.1 Å². The standard InChI is InChI=1S/C14H18N2O6/c1-9(17)15-7-14(19)22-8-13(18)16-11-5-4-10(20-2)6-12(11)21-3/h4-6H,7-8H2,1-3H3,(H,15,17)(H,16,18).